The Morgan fingerprint density at radius 1 is 1.03 bits per heavy atom. The normalized spacial score (nSPS) is 23.5. The number of amides is 1. The number of pyridine rings is 1. The second-order valence-electron chi connectivity index (χ2n) is 10.0. The first-order valence-electron chi connectivity index (χ1n) is 12.0. The van der Waals surface area contributed by atoms with E-state index < -0.39 is 0 Å². The molecule has 0 unspecified atom stereocenters. The SMILES string of the molecule is Cc1c(-c2ccccc2)nc2ccc(Br)cc2c1C(=O)NC12CCC(c3n[nH]c(=O)[nH]3)(CC1)CC2. The smallest absolute Gasteiger partial charge is 0.340 e. The first-order valence-corrected chi connectivity index (χ1v) is 12.8. The summed E-state index contributed by atoms with van der Waals surface area (Å²) in [6, 6.07) is 15.9. The standard InChI is InChI=1S/C27H26BrN5O2/c1-16-21(19-15-18(28)7-8-20(19)29-22(16)17-5-3-2-4-6-17)23(34)31-27-12-9-26(10-13-27,11-14-27)24-30-25(35)33-32-24/h2-8,15H,9-14H2,1H3,(H,31,34)(H2,30,32,33,35). The molecule has 2 aromatic carbocycles. The van der Waals surface area contributed by atoms with Gasteiger partial charge in [-0.05, 0) is 69.2 Å². The molecule has 3 aliphatic rings. The van der Waals surface area contributed by atoms with Gasteiger partial charge in [-0.1, -0.05) is 46.3 Å². The number of carbonyl (C=O) groups excluding carboxylic acids is 1. The van der Waals surface area contributed by atoms with E-state index in [0.717, 1.165) is 76.5 Å². The van der Waals surface area contributed by atoms with E-state index in [1.165, 1.54) is 0 Å². The number of nitrogens with zero attached hydrogens (tertiary/aromatic N) is 2. The summed E-state index contributed by atoms with van der Waals surface area (Å²) in [5.41, 5.74) is 3.59. The van der Waals surface area contributed by atoms with Gasteiger partial charge in [-0.2, -0.15) is 5.10 Å². The van der Waals surface area contributed by atoms with Crippen LogP contribution in [0.2, 0.25) is 0 Å². The van der Waals surface area contributed by atoms with Crippen LogP contribution in [0.1, 0.15) is 60.3 Å². The van der Waals surface area contributed by atoms with E-state index in [-0.39, 0.29) is 22.6 Å². The van der Waals surface area contributed by atoms with Gasteiger partial charge in [-0.25, -0.2) is 14.9 Å². The molecule has 3 saturated carbocycles. The van der Waals surface area contributed by atoms with Gasteiger partial charge in [0.25, 0.3) is 5.91 Å². The number of aromatic amines is 2. The molecule has 7 rings (SSSR count). The summed E-state index contributed by atoms with van der Waals surface area (Å²) < 4.78 is 0.916. The highest BCUT2D eigenvalue weighted by Gasteiger charge is 2.51. The van der Waals surface area contributed by atoms with E-state index in [1.54, 1.807) is 0 Å². The molecule has 2 aromatic heterocycles. The molecular formula is C27H26BrN5O2. The van der Waals surface area contributed by atoms with Crippen molar-refractivity contribution in [1.82, 2.24) is 25.5 Å². The molecule has 0 saturated heterocycles. The summed E-state index contributed by atoms with van der Waals surface area (Å²) in [4.78, 5) is 33.4. The zero-order valence-electron chi connectivity index (χ0n) is 19.5. The Bertz CT molecular complexity index is 1480. The molecule has 7 nitrogen and oxygen atoms in total. The third-order valence-corrected chi connectivity index (χ3v) is 8.59. The largest absolute Gasteiger partial charge is 0.347 e. The van der Waals surface area contributed by atoms with Crippen LogP contribution in [0.4, 0.5) is 0 Å². The molecule has 3 aliphatic carbocycles. The summed E-state index contributed by atoms with van der Waals surface area (Å²) in [6.07, 6.45) is 5.28. The lowest BCUT2D eigenvalue weighted by atomic mass is 9.57. The van der Waals surface area contributed by atoms with Gasteiger partial charge in [0.1, 0.15) is 5.82 Å². The van der Waals surface area contributed by atoms with Gasteiger partial charge in [-0.3, -0.25) is 9.78 Å². The van der Waals surface area contributed by atoms with Crippen molar-refractivity contribution in [3.63, 3.8) is 0 Å². The summed E-state index contributed by atoms with van der Waals surface area (Å²) >= 11 is 3.57. The van der Waals surface area contributed by atoms with Crippen molar-refractivity contribution < 1.29 is 4.79 Å². The van der Waals surface area contributed by atoms with Gasteiger partial charge in [-0.15, -0.1) is 0 Å². The van der Waals surface area contributed by atoms with E-state index >= 15 is 0 Å². The molecule has 0 aliphatic heterocycles. The predicted molar refractivity (Wildman–Crippen MR) is 138 cm³/mol. The zero-order valence-corrected chi connectivity index (χ0v) is 21.0. The summed E-state index contributed by atoms with van der Waals surface area (Å²) in [6.45, 7) is 1.99. The van der Waals surface area contributed by atoms with Crippen LogP contribution in [0.5, 0.6) is 0 Å². The second kappa shape index (κ2) is 8.16. The molecule has 0 atom stereocenters. The average molecular weight is 532 g/mol. The van der Waals surface area contributed by atoms with Crippen LogP contribution in [-0.2, 0) is 5.41 Å². The Morgan fingerprint density at radius 2 is 1.74 bits per heavy atom. The number of fused-ring (bicyclic) bond motifs is 4. The molecule has 4 aromatic rings. The Morgan fingerprint density at radius 3 is 2.40 bits per heavy atom. The minimum absolute atomic E-state index is 0.0484. The number of hydrogen-bond donors (Lipinski definition) is 3. The molecule has 178 valence electrons. The third kappa shape index (κ3) is 3.71. The minimum atomic E-state index is -0.259. The van der Waals surface area contributed by atoms with Gasteiger partial charge >= 0.3 is 5.69 Å². The van der Waals surface area contributed by atoms with Crippen LogP contribution < -0.4 is 11.0 Å². The van der Waals surface area contributed by atoms with E-state index in [2.05, 4.69) is 36.4 Å². The fourth-order valence-corrected chi connectivity index (χ4v) is 6.41. The number of nitrogens with one attached hydrogen (secondary N) is 3. The lowest BCUT2D eigenvalue weighted by molar-refractivity contribution is 0.0579. The van der Waals surface area contributed by atoms with Crippen LogP contribution in [-0.4, -0.2) is 31.6 Å². The fourth-order valence-electron chi connectivity index (χ4n) is 6.05. The predicted octanol–water partition coefficient (Wildman–Crippen LogP) is 5.16. The van der Waals surface area contributed by atoms with Crippen LogP contribution in [0.25, 0.3) is 22.2 Å². The first-order chi connectivity index (χ1) is 16.9. The lowest BCUT2D eigenvalue weighted by Gasteiger charge is -2.52. The maximum absolute atomic E-state index is 14.0. The third-order valence-electron chi connectivity index (χ3n) is 8.09. The van der Waals surface area contributed by atoms with Crippen molar-refractivity contribution in [2.45, 2.75) is 56.4 Å². The van der Waals surface area contributed by atoms with E-state index in [4.69, 9.17) is 4.98 Å². The maximum Gasteiger partial charge on any atom is 0.340 e. The molecule has 3 fully saturated rings. The highest BCUT2D eigenvalue weighted by Crippen LogP contribution is 2.52. The zero-order chi connectivity index (χ0) is 24.2. The van der Waals surface area contributed by atoms with Crippen molar-refractivity contribution in [2.24, 2.45) is 0 Å². The highest BCUT2D eigenvalue weighted by molar-refractivity contribution is 9.10. The molecule has 0 radical (unpaired) electrons. The number of benzene rings is 2. The monoisotopic (exact) mass is 531 g/mol. The van der Waals surface area contributed by atoms with Crippen molar-refractivity contribution in [1.29, 1.82) is 0 Å². The van der Waals surface area contributed by atoms with E-state index in [9.17, 15) is 9.59 Å². The fraction of sp³-hybridized carbons (Fsp3) is 0.333. The van der Waals surface area contributed by atoms with Gasteiger partial charge in [0.15, 0.2) is 0 Å². The minimum Gasteiger partial charge on any atom is -0.347 e. The van der Waals surface area contributed by atoms with Crippen molar-refractivity contribution in [2.75, 3.05) is 0 Å². The average Bonchev–Trinajstić information content (AvgIpc) is 3.32. The van der Waals surface area contributed by atoms with Gasteiger partial charge < -0.3 is 5.32 Å². The van der Waals surface area contributed by atoms with E-state index in [1.807, 2.05) is 55.5 Å². The van der Waals surface area contributed by atoms with Crippen LogP contribution in [0.15, 0.2) is 57.8 Å². The highest BCUT2D eigenvalue weighted by atomic mass is 79.9. The van der Waals surface area contributed by atoms with Crippen LogP contribution >= 0.6 is 15.9 Å². The number of halogens is 1. The van der Waals surface area contributed by atoms with Gasteiger partial charge in [0.05, 0.1) is 16.8 Å². The van der Waals surface area contributed by atoms with Crippen molar-refractivity contribution in [3.05, 3.63) is 80.4 Å². The quantitative estimate of drug-likeness (QED) is 0.338. The molecule has 2 bridgehead atoms. The Balaban J connectivity index is 1.36. The summed E-state index contributed by atoms with van der Waals surface area (Å²) in [7, 11) is 0. The van der Waals surface area contributed by atoms with Gasteiger partial charge in [0, 0.05) is 26.4 Å². The molecule has 2 heterocycles. The Kier molecular flexibility index (Phi) is 5.18. The number of carbonyl (C=O) groups is 1. The van der Waals surface area contributed by atoms with Crippen LogP contribution in [0, 0.1) is 6.92 Å². The molecule has 35 heavy (non-hydrogen) atoms. The number of rotatable bonds is 4. The molecule has 3 N–H and O–H groups in total. The Labute approximate surface area is 210 Å². The topological polar surface area (TPSA) is 104 Å². The van der Waals surface area contributed by atoms with E-state index in [0.29, 0.717) is 5.56 Å². The Hall–Kier alpha value is -3.26. The summed E-state index contributed by atoms with van der Waals surface area (Å²) in [5.74, 6) is 0.711. The molecule has 8 heteroatoms. The molecular weight excluding hydrogens is 506 g/mol. The first kappa shape index (κ1) is 22.2. The lowest BCUT2D eigenvalue weighted by Crippen LogP contribution is -2.58. The molecule has 0 spiro atoms. The van der Waals surface area contributed by atoms with Crippen LogP contribution in [0.3, 0.4) is 0 Å². The maximum atomic E-state index is 14.0. The number of hydrogen-bond acceptors (Lipinski definition) is 4. The second-order valence-corrected chi connectivity index (χ2v) is 10.9. The van der Waals surface area contributed by atoms with Gasteiger partial charge in [0.2, 0.25) is 0 Å². The number of aromatic nitrogens is 4. The van der Waals surface area contributed by atoms with Crippen molar-refractivity contribution in [3.8, 4) is 11.3 Å². The summed E-state index contributed by atoms with van der Waals surface area (Å²) in [5, 5.41) is 11.1. The van der Waals surface area contributed by atoms with Crippen molar-refractivity contribution >= 4 is 32.7 Å². The number of H-pyrrole nitrogens is 2. The molecule has 1 amide bonds.